The number of pyridine rings is 1. The summed E-state index contributed by atoms with van der Waals surface area (Å²) in [5, 5.41) is 2.09. The van der Waals surface area contributed by atoms with E-state index in [1.165, 1.54) is 10.6 Å². The van der Waals surface area contributed by atoms with Gasteiger partial charge in [0.05, 0.1) is 33.8 Å². The van der Waals surface area contributed by atoms with Gasteiger partial charge in [0.25, 0.3) is 5.56 Å². The quantitative estimate of drug-likeness (QED) is 0.195. The molecule has 0 spiro atoms. The zero-order chi connectivity index (χ0) is 27.9. The molecule has 3 aromatic rings. The molecule has 4 rings (SSSR count). The van der Waals surface area contributed by atoms with Crippen molar-refractivity contribution in [1.82, 2.24) is 9.47 Å². The maximum Gasteiger partial charge on any atom is 0.310 e. The van der Waals surface area contributed by atoms with Gasteiger partial charge in [0, 0.05) is 38.3 Å². The van der Waals surface area contributed by atoms with Gasteiger partial charge in [-0.15, -0.1) is 0 Å². The molecule has 2 aromatic carbocycles. The number of carbonyl (C=O) groups is 1. The van der Waals surface area contributed by atoms with E-state index >= 15 is 0 Å². The van der Waals surface area contributed by atoms with Gasteiger partial charge in [-0.2, -0.15) is 0 Å². The van der Waals surface area contributed by atoms with E-state index in [1.54, 1.807) is 13.0 Å². The van der Waals surface area contributed by atoms with E-state index in [-0.39, 0.29) is 17.4 Å². The van der Waals surface area contributed by atoms with Crippen molar-refractivity contribution in [2.45, 2.75) is 46.3 Å². The van der Waals surface area contributed by atoms with Crippen molar-refractivity contribution in [3.8, 4) is 5.75 Å². The number of unbranched alkanes of at least 4 members (excludes halogenated alkanes) is 1. The Kier molecular flexibility index (Phi) is 10.2. The van der Waals surface area contributed by atoms with Crippen molar-refractivity contribution in [2.24, 2.45) is 5.92 Å². The SMILES string of the molecule is CCC(C)C(=O)OC(C)n1c(=O)ccc2ccc(OCCCCN3CCN(c4cccc(Cl)c4Cl)CC3)cc21. The fraction of sp³-hybridized carbons (Fsp3) is 0.467. The van der Waals surface area contributed by atoms with Crippen LogP contribution in [0.3, 0.4) is 0 Å². The van der Waals surface area contributed by atoms with Crippen molar-refractivity contribution in [1.29, 1.82) is 0 Å². The number of nitrogens with zero attached hydrogens (tertiary/aromatic N) is 3. The standard InChI is InChI=1S/C30H37Cl2N3O4/c1-4-21(2)30(37)39-22(3)35-27-20-24(12-10-23(27)11-13-28(35)36)38-19-6-5-14-33-15-17-34(18-16-33)26-9-7-8-25(31)29(26)32/h7-13,20-22H,4-6,14-19H2,1-3H3. The Hall–Kier alpha value is -2.74. The molecule has 1 aliphatic heterocycles. The second kappa shape index (κ2) is 13.6. The van der Waals surface area contributed by atoms with E-state index in [1.807, 2.05) is 50.2 Å². The molecule has 1 saturated heterocycles. The fourth-order valence-electron chi connectivity index (χ4n) is 4.78. The van der Waals surface area contributed by atoms with Gasteiger partial charge in [-0.3, -0.25) is 19.1 Å². The molecule has 1 aromatic heterocycles. The van der Waals surface area contributed by atoms with E-state index in [9.17, 15) is 9.59 Å². The van der Waals surface area contributed by atoms with Gasteiger partial charge in [0.15, 0.2) is 6.23 Å². The predicted octanol–water partition coefficient (Wildman–Crippen LogP) is 6.40. The highest BCUT2D eigenvalue weighted by atomic mass is 35.5. The molecule has 0 bridgehead atoms. The zero-order valence-corrected chi connectivity index (χ0v) is 24.4. The minimum absolute atomic E-state index is 0.220. The number of hydrogen-bond acceptors (Lipinski definition) is 6. The Bertz CT molecular complexity index is 1340. The molecule has 0 N–H and O–H groups in total. The lowest BCUT2D eigenvalue weighted by atomic mass is 10.1. The van der Waals surface area contributed by atoms with E-state index < -0.39 is 6.23 Å². The maximum absolute atomic E-state index is 12.7. The number of aromatic nitrogens is 1. The number of hydrogen-bond donors (Lipinski definition) is 0. The molecule has 2 atom stereocenters. The molecule has 2 unspecified atom stereocenters. The second-order valence-corrected chi connectivity index (χ2v) is 10.9. The number of esters is 1. The van der Waals surface area contributed by atoms with Gasteiger partial charge in [0.1, 0.15) is 5.75 Å². The third-order valence-corrected chi connectivity index (χ3v) is 8.16. The Morgan fingerprint density at radius 3 is 2.49 bits per heavy atom. The minimum Gasteiger partial charge on any atom is -0.494 e. The molecule has 0 saturated carbocycles. The molecule has 0 amide bonds. The third-order valence-electron chi connectivity index (χ3n) is 7.35. The number of anilines is 1. The molecule has 0 aliphatic carbocycles. The van der Waals surface area contributed by atoms with E-state index in [2.05, 4.69) is 9.80 Å². The Balaban J connectivity index is 1.27. The summed E-state index contributed by atoms with van der Waals surface area (Å²) in [5.74, 6) is 0.160. The van der Waals surface area contributed by atoms with Crippen LogP contribution in [0.5, 0.6) is 5.75 Å². The van der Waals surface area contributed by atoms with E-state index in [0.29, 0.717) is 34.3 Å². The molecule has 39 heavy (non-hydrogen) atoms. The van der Waals surface area contributed by atoms with Crippen LogP contribution >= 0.6 is 23.2 Å². The Morgan fingerprint density at radius 2 is 1.74 bits per heavy atom. The summed E-state index contributed by atoms with van der Waals surface area (Å²) in [7, 11) is 0. The monoisotopic (exact) mass is 573 g/mol. The van der Waals surface area contributed by atoms with Crippen molar-refractivity contribution in [3.05, 3.63) is 68.9 Å². The smallest absolute Gasteiger partial charge is 0.310 e. The first-order valence-electron chi connectivity index (χ1n) is 13.7. The Morgan fingerprint density at radius 1 is 1.00 bits per heavy atom. The van der Waals surface area contributed by atoms with Crippen LogP contribution in [0.1, 0.15) is 46.3 Å². The predicted molar refractivity (Wildman–Crippen MR) is 158 cm³/mol. The van der Waals surface area contributed by atoms with E-state index in [0.717, 1.165) is 56.6 Å². The number of benzene rings is 2. The van der Waals surface area contributed by atoms with Gasteiger partial charge in [0.2, 0.25) is 0 Å². The number of ether oxygens (including phenoxy) is 2. The number of halogens is 2. The minimum atomic E-state index is -0.715. The topological polar surface area (TPSA) is 64.0 Å². The molecule has 0 radical (unpaired) electrons. The summed E-state index contributed by atoms with van der Waals surface area (Å²) in [5.41, 5.74) is 1.46. The van der Waals surface area contributed by atoms with Gasteiger partial charge in [-0.25, -0.2) is 0 Å². The van der Waals surface area contributed by atoms with Crippen LogP contribution in [0.4, 0.5) is 5.69 Å². The second-order valence-electron chi connectivity index (χ2n) is 10.1. The highest BCUT2D eigenvalue weighted by molar-refractivity contribution is 6.43. The summed E-state index contributed by atoms with van der Waals surface area (Å²) in [6, 6.07) is 14.7. The molecular weight excluding hydrogens is 537 g/mol. The molecule has 1 aliphatic rings. The normalized spacial score (nSPS) is 15.8. The lowest BCUT2D eigenvalue weighted by Crippen LogP contribution is -2.46. The van der Waals surface area contributed by atoms with Crippen LogP contribution in [-0.2, 0) is 9.53 Å². The summed E-state index contributed by atoms with van der Waals surface area (Å²) in [4.78, 5) is 29.8. The first kappa shape index (κ1) is 29.2. The first-order valence-corrected chi connectivity index (χ1v) is 14.4. The molecule has 7 nitrogen and oxygen atoms in total. The number of fused-ring (bicyclic) bond motifs is 1. The molecule has 9 heteroatoms. The van der Waals surface area contributed by atoms with Crippen LogP contribution < -0.4 is 15.2 Å². The molecule has 1 fully saturated rings. The van der Waals surface area contributed by atoms with Crippen LogP contribution in [0.2, 0.25) is 10.0 Å². The summed E-state index contributed by atoms with van der Waals surface area (Å²) < 4.78 is 13.1. The van der Waals surface area contributed by atoms with Crippen LogP contribution in [0, 0.1) is 5.92 Å². The lowest BCUT2D eigenvalue weighted by Gasteiger charge is -2.36. The average Bonchev–Trinajstić information content (AvgIpc) is 2.94. The summed E-state index contributed by atoms with van der Waals surface area (Å²) >= 11 is 12.6. The van der Waals surface area contributed by atoms with Crippen molar-refractivity contribution >= 4 is 45.8 Å². The van der Waals surface area contributed by atoms with Crippen molar-refractivity contribution in [3.63, 3.8) is 0 Å². The number of piperazine rings is 1. The first-order chi connectivity index (χ1) is 18.8. The molecule has 2 heterocycles. The molecular formula is C30H37Cl2N3O4. The fourth-order valence-corrected chi connectivity index (χ4v) is 5.19. The van der Waals surface area contributed by atoms with Gasteiger partial charge in [-0.1, -0.05) is 43.1 Å². The largest absolute Gasteiger partial charge is 0.494 e. The van der Waals surface area contributed by atoms with Crippen molar-refractivity contribution < 1.29 is 14.3 Å². The zero-order valence-electron chi connectivity index (χ0n) is 22.9. The summed E-state index contributed by atoms with van der Waals surface area (Å²) in [6.45, 7) is 10.9. The van der Waals surface area contributed by atoms with E-state index in [4.69, 9.17) is 32.7 Å². The highest BCUT2D eigenvalue weighted by Gasteiger charge is 2.20. The van der Waals surface area contributed by atoms with Gasteiger partial charge >= 0.3 is 5.97 Å². The Labute approximate surface area is 240 Å². The van der Waals surface area contributed by atoms with Gasteiger partial charge in [-0.05, 0) is 68.4 Å². The number of rotatable bonds is 11. The highest BCUT2D eigenvalue weighted by Crippen LogP contribution is 2.33. The van der Waals surface area contributed by atoms with Crippen molar-refractivity contribution in [2.75, 3.05) is 44.2 Å². The average molecular weight is 575 g/mol. The number of carbonyl (C=O) groups excluding carboxylic acids is 1. The van der Waals surface area contributed by atoms with Gasteiger partial charge < -0.3 is 14.4 Å². The third kappa shape index (κ3) is 7.27. The summed E-state index contributed by atoms with van der Waals surface area (Å²) in [6.07, 6.45) is 1.91. The molecule has 210 valence electrons. The van der Waals surface area contributed by atoms with Crippen LogP contribution in [0.25, 0.3) is 10.9 Å². The van der Waals surface area contributed by atoms with Crippen LogP contribution in [-0.4, -0.2) is 54.8 Å². The van der Waals surface area contributed by atoms with Crippen LogP contribution in [0.15, 0.2) is 53.3 Å². The lowest BCUT2D eigenvalue weighted by molar-refractivity contribution is -0.157. The maximum atomic E-state index is 12.7.